The molecule has 15 heteroatoms. The molecule has 9 nitrogen and oxygen atoms in total. The second-order valence-corrected chi connectivity index (χ2v) is 7.64. The average Bonchev–Trinajstić information content (AvgIpc) is 3.46. The first-order valence-electron chi connectivity index (χ1n) is 10.2. The highest BCUT2D eigenvalue weighted by Gasteiger charge is 2.37. The van der Waals surface area contributed by atoms with Crippen LogP contribution < -0.4 is 5.32 Å². The lowest BCUT2D eigenvalue weighted by molar-refractivity contribution is -0.143. The molecule has 0 spiro atoms. The lowest BCUT2D eigenvalue weighted by Gasteiger charge is -2.17. The van der Waals surface area contributed by atoms with Crippen molar-refractivity contribution in [2.24, 2.45) is 7.05 Å². The van der Waals surface area contributed by atoms with Crippen molar-refractivity contribution in [2.45, 2.75) is 25.3 Å². The van der Waals surface area contributed by atoms with Crippen LogP contribution >= 0.6 is 0 Å². The van der Waals surface area contributed by atoms with Gasteiger partial charge in [0.1, 0.15) is 12.0 Å². The van der Waals surface area contributed by atoms with Crippen LogP contribution in [0.1, 0.15) is 40.1 Å². The van der Waals surface area contributed by atoms with Crippen LogP contribution in [0, 0.1) is 0 Å². The maximum atomic E-state index is 13.2. The van der Waals surface area contributed by atoms with E-state index in [-0.39, 0.29) is 23.3 Å². The summed E-state index contributed by atoms with van der Waals surface area (Å²) < 4.78 is 81.9. The van der Waals surface area contributed by atoms with Crippen LogP contribution in [0.3, 0.4) is 0 Å². The lowest BCUT2D eigenvalue weighted by atomic mass is 10.0. The maximum Gasteiger partial charge on any atom is 0.416 e. The molecule has 0 saturated heterocycles. The summed E-state index contributed by atoms with van der Waals surface area (Å²) >= 11 is 0. The fourth-order valence-corrected chi connectivity index (χ4v) is 3.28. The van der Waals surface area contributed by atoms with Gasteiger partial charge in [-0.25, -0.2) is 14.6 Å². The van der Waals surface area contributed by atoms with Gasteiger partial charge in [0.25, 0.3) is 5.91 Å². The van der Waals surface area contributed by atoms with Gasteiger partial charge in [-0.2, -0.15) is 31.4 Å². The fraction of sp³-hybridized carbons (Fsp3) is 0.238. The van der Waals surface area contributed by atoms with E-state index < -0.39 is 41.0 Å². The summed E-state index contributed by atoms with van der Waals surface area (Å²) in [6, 6.07) is 1.36. The molecule has 4 aromatic rings. The van der Waals surface area contributed by atoms with Gasteiger partial charge in [-0.05, 0) is 25.1 Å². The highest BCUT2D eigenvalue weighted by atomic mass is 19.4. The predicted molar refractivity (Wildman–Crippen MR) is 111 cm³/mol. The number of hydrogen-bond donors (Lipinski definition) is 1. The van der Waals surface area contributed by atoms with Crippen LogP contribution in [0.5, 0.6) is 0 Å². The topological polar surface area (TPSA) is 103 Å². The fourth-order valence-electron chi connectivity index (χ4n) is 3.28. The van der Waals surface area contributed by atoms with Crippen LogP contribution in [0.25, 0.3) is 17.3 Å². The zero-order chi connectivity index (χ0) is 26.3. The van der Waals surface area contributed by atoms with Gasteiger partial charge >= 0.3 is 12.4 Å². The van der Waals surface area contributed by atoms with Gasteiger partial charge < -0.3 is 5.32 Å². The zero-order valence-electron chi connectivity index (χ0n) is 18.5. The Morgan fingerprint density at radius 1 is 0.944 bits per heavy atom. The molecule has 1 atom stereocenters. The van der Waals surface area contributed by atoms with Gasteiger partial charge in [0.05, 0.1) is 22.9 Å². The molecule has 3 aromatic heterocycles. The van der Waals surface area contributed by atoms with Crippen LogP contribution in [-0.2, 0) is 19.4 Å². The second-order valence-electron chi connectivity index (χ2n) is 7.64. The second kappa shape index (κ2) is 9.05. The van der Waals surface area contributed by atoms with E-state index in [4.69, 9.17) is 0 Å². The Balaban J connectivity index is 1.63. The summed E-state index contributed by atoms with van der Waals surface area (Å²) in [7, 11) is 1.72. The molecule has 0 aliphatic heterocycles. The van der Waals surface area contributed by atoms with E-state index in [1.54, 1.807) is 24.0 Å². The van der Waals surface area contributed by atoms with Crippen molar-refractivity contribution < 1.29 is 31.1 Å². The van der Waals surface area contributed by atoms with E-state index in [2.05, 4.69) is 30.5 Å². The largest absolute Gasteiger partial charge is 0.416 e. The monoisotopic (exact) mass is 510 g/mol. The highest BCUT2D eigenvalue weighted by molar-refractivity contribution is 5.95. The van der Waals surface area contributed by atoms with E-state index in [1.807, 2.05) is 0 Å². The molecule has 0 aliphatic rings. The lowest BCUT2D eigenvalue weighted by Crippen LogP contribution is -2.28. The molecule has 3 heterocycles. The van der Waals surface area contributed by atoms with E-state index in [0.717, 1.165) is 0 Å². The Bertz CT molecular complexity index is 1380. The minimum Gasteiger partial charge on any atom is -0.344 e. The average molecular weight is 510 g/mol. The first kappa shape index (κ1) is 24.8. The standard InChI is InChI=1S/C21H16F6N8O/c1-11(31-19(36)12-7-13(20(22,23)24)9-14(8-12)21(25,26)27)16-17(29-5-4-28-16)18-30-10-35(33-18)15-3-6-34(2)32-15/h3-11H,1-2H3,(H,31,36). The van der Waals surface area contributed by atoms with E-state index in [0.29, 0.717) is 18.0 Å². The number of amides is 1. The predicted octanol–water partition coefficient (Wildman–Crippen LogP) is 3.99. The molecular weight excluding hydrogens is 494 g/mol. The normalized spacial score (nSPS) is 13.0. The molecule has 0 bridgehead atoms. The van der Waals surface area contributed by atoms with Crippen molar-refractivity contribution in [2.75, 3.05) is 0 Å². The molecule has 4 rings (SSSR count). The smallest absolute Gasteiger partial charge is 0.344 e. The van der Waals surface area contributed by atoms with E-state index in [1.165, 1.54) is 30.3 Å². The number of rotatable bonds is 5. The molecule has 0 fully saturated rings. The Morgan fingerprint density at radius 3 is 2.17 bits per heavy atom. The molecule has 1 amide bonds. The third-order valence-corrected chi connectivity index (χ3v) is 4.97. The van der Waals surface area contributed by atoms with Crippen LogP contribution in [-0.4, -0.2) is 40.4 Å². The summed E-state index contributed by atoms with van der Waals surface area (Å²) in [6.45, 7) is 1.44. The van der Waals surface area contributed by atoms with Gasteiger partial charge in [-0.15, -0.1) is 5.10 Å². The first-order chi connectivity index (χ1) is 16.8. The SMILES string of the molecule is CC(NC(=O)c1cc(C(F)(F)F)cc(C(F)(F)F)c1)c1nccnc1-c1ncn(-c2ccn(C)n2)n1. The van der Waals surface area contributed by atoms with Gasteiger partial charge in [0.2, 0.25) is 5.82 Å². The van der Waals surface area contributed by atoms with Crippen molar-refractivity contribution in [1.82, 2.24) is 39.8 Å². The first-order valence-corrected chi connectivity index (χ1v) is 10.2. The molecule has 1 aromatic carbocycles. The Morgan fingerprint density at radius 2 is 1.58 bits per heavy atom. The van der Waals surface area contributed by atoms with Gasteiger partial charge in [0, 0.05) is 37.3 Å². The van der Waals surface area contributed by atoms with Gasteiger partial charge in [-0.1, -0.05) is 0 Å². The Labute approximate surface area is 198 Å². The van der Waals surface area contributed by atoms with Crippen LogP contribution in [0.4, 0.5) is 26.3 Å². The minimum absolute atomic E-state index is 0.0510. The maximum absolute atomic E-state index is 13.2. The third-order valence-electron chi connectivity index (χ3n) is 4.97. The summed E-state index contributed by atoms with van der Waals surface area (Å²) in [5.41, 5.74) is -3.71. The zero-order valence-corrected chi connectivity index (χ0v) is 18.5. The molecular formula is C21H16F6N8O. The van der Waals surface area contributed by atoms with Gasteiger partial charge in [0.15, 0.2) is 5.82 Å². The number of benzene rings is 1. The van der Waals surface area contributed by atoms with Crippen molar-refractivity contribution in [3.8, 4) is 17.3 Å². The molecule has 0 aliphatic carbocycles. The molecule has 0 saturated carbocycles. The van der Waals surface area contributed by atoms with E-state index in [9.17, 15) is 31.1 Å². The summed E-state index contributed by atoms with van der Waals surface area (Å²) in [5.74, 6) is -0.584. The van der Waals surface area contributed by atoms with Crippen molar-refractivity contribution in [1.29, 1.82) is 0 Å². The number of nitrogens with zero attached hydrogens (tertiary/aromatic N) is 7. The van der Waals surface area contributed by atoms with E-state index >= 15 is 0 Å². The Hall–Kier alpha value is -4.30. The molecule has 0 radical (unpaired) electrons. The summed E-state index contributed by atoms with van der Waals surface area (Å²) in [4.78, 5) is 25.2. The molecule has 1 unspecified atom stereocenters. The number of halogens is 6. The minimum atomic E-state index is -5.09. The number of hydrogen-bond acceptors (Lipinski definition) is 6. The quantitative estimate of drug-likeness (QED) is 0.408. The Kier molecular flexibility index (Phi) is 6.24. The summed E-state index contributed by atoms with van der Waals surface area (Å²) in [6.07, 6.45) is -4.45. The third kappa shape index (κ3) is 5.18. The van der Waals surface area contributed by atoms with Crippen LogP contribution in [0.15, 0.2) is 49.2 Å². The molecule has 1 N–H and O–H groups in total. The number of nitrogens with one attached hydrogen (secondary N) is 1. The number of alkyl halides is 6. The van der Waals surface area contributed by atoms with Gasteiger partial charge in [-0.3, -0.25) is 14.5 Å². The van der Waals surface area contributed by atoms with Crippen molar-refractivity contribution in [3.05, 3.63) is 71.6 Å². The number of aryl methyl sites for hydroxylation is 1. The number of carbonyl (C=O) groups excluding carboxylic acids is 1. The van der Waals surface area contributed by atoms with Crippen LogP contribution in [0.2, 0.25) is 0 Å². The van der Waals surface area contributed by atoms with Crippen molar-refractivity contribution >= 4 is 5.91 Å². The van der Waals surface area contributed by atoms with Crippen molar-refractivity contribution in [3.63, 3.8) is 0 Å². The molecule has 36 heavy (non-hydrogen) atoms. The summed E-state index contributed by atoms with van der Waals surface area (Å²) in [5, 5.41) is 10.8. The number of aromatic nitrogens is 7. The number of carbonyl (C=O) groups is 1. The highest BCUT2D eigenvalue weighted by Crippen LogP contribution is 2.36. The molecule has 188 valence electrons.